The van der Waals surface area contributed by atoms with E-state index in [0.717, 1.165) is 12.8 Å². The van der Waals surface area contributed by atoms with Crippen LogP contribution in [-0.4, -0.2) is 30.7 Å². The van der Waals surface area contributed by atoms with Crippen LogP contribution >= 0.6 is 0 Å². The number of amides is 1. The molecule has 3 N–H and O–H groups in total. The summed E-state index contributed by atoms with van der Waals surface area (Å²) in [4.78, 5) is 11.5. The van der Waals surface area contributed by atoms with Crippen molar-refractivity contribution in [2.24, 2.45) is 11.7 Å². The van der Waals surface area contributed by atoms with Gasteiger partial charge in [-0.3, -0.25) is 4.79 Å². The zero-order chi connectivity index (χ0) is 9.42. The summed E-state index contributed by atoms with van der Waals surface area (Å²) in [7, 11) is 0. The predicted octanol–water partition coefficient (Wildman–Crippen LogP) is -0.373. The SMILES string of the molecule is CC1CC(C(=O)NC2CC2N)CO1. The van der Waals surface area contributed by atoms with Gasteiger partial charge in [0.1, 0.15) is 0 Å². The van der Waals surface area contributed by atoms with Crippen LogP contribution in [-0.2, 0) is 9.53 Å². The number of nitrogens with one attached hydrogen (secondary N) is 1. The molecule has 1 heterocycles. The van der Waals surface area contributed by atoms with Crippen molar-refractivity contribution in [3.63, 3.8) is 0 Å². The molecular weight excluding hydrogens is 168 g/mol. The molecule has 0 aromatic rings. The summed E-state index contributed by atoms with van der Waals surface area (Å²) in [5.74, 6) is 0.158. The second-order valence-corrected chi connectivity index (χ2v) is 4.09. The second kappa shape index (κ2) is 3.27. The largest absolute Gasteiger partial charge is 0.378 e. The average Bonchev–Trinajstić information content (AvgIpc) is 2.62. The quantitative estimate of drug-likeness (QED) is 0.615. The summed E-state index contributed by atoms with van der Waals surface area (Å²) in [6.07, 6.45) is 1.99. The summed E-state index contributed by atoms with van der Waals surface area (Å²) in [5, 5.41) is 2.92. The van der Waals surface area contributed by atoms with Crippen molar-refractivity contribution < 1.29 is 9.53 Å². The van der Waals surface area contributed by atoms with Crippen LogP contribution in [0.2, 0.25) is 0 Å². The van der Waals surface area contributed by atoms with Gasteiger partial charge >= 0.3 is 0 Å². The van der Waals surface area contributed by atoms with Gasteiger partial charge in [0.15, 0.2) is 0 Å². The first-order valence-electron chi connectivity index (χ1n) is 4.84. The molecule has 2 rings (SSSR count). The van der Waals surface area contributed by atoms with Crippen LogP contribution in [0.3, 0.4) is 0 Å². The molecule has 4 unspecified atom stereocenters. The average molecular weight is 184 g/mol. The molecule has 4 nitrogen and oxygen atoms in total. The van der Waals surface area contributed by atoms with E-state index in [1.807, 2.05) is 6.92 Å². The molecule has 13 heavy (non-hydrogen) atoms. The summed E-state index contributed by atoms with van der Waals surface area (Å²) >= 11 is 0. The van der Waals surface area contributed by atoms with E-state index >= 15 is 0 Å². The van der Waals surface area contributed by atoms with E-state index in [4.69, 9.17) is 10.5 Å². The monoisotopic (exact) mass is 184 g/mol. The van der Waals surface area contributed by atoms with E-state index in [9.17, 15) is 4.79 Å². The van der Waals surface area contributed by atoms with Crippen LogP contribution in [0.5, 0.6) is 0 Å². The van der Waals surface area contributed by atoms with Crippen LogP contribution in [0.15, 0.2) is 0 Å². The van der Waals surface area contributed by atoms with Gasteiger partial charge in [-0.15, -0.1) is 0 Å². The minimum absolute atomic E-state index is 0.0443. The Morgan fingerprint density at radius 1 is 1.54 bits per heavy atom. The van der Waals surface area contributed by atoms with E-state index < -0.39 is 0 Å². The van der Waals surface area contributed by atoms with Crippen LogP contribution in [0.25, 0.3) is 0 Å². The van der Waals surface area contributed by atoms with Gasteiger partial charge in [0.25, 0.3) is 0 Å². The number of ether oxygens (including phenoxy) is 1. The highest BCUT2D eigenvalue weighted by Crippen LogP contribution is 2.22. The van der Waals surface area contributed by atoms with Crippen molar-refractivity contribution >= 4 is 5.91 Å². The molecular formula is C9H16N2O2. The topological polar surface area (TPSA) is 64.4 Å². The van der Waals surface area contributed by atoms with Gasteiger partial charge in [-0.2, -0.15) is 0 Å². The van der Waals surface area contributed by atoms with Crippen molar-refractivity contribution in [3.8, 4) is 0 Å². The van der Waals surface area contributed by atoms with Crippen molar-refractivity contribution in [3.05, 3.63) is 0 Å². The molecule has 1 aliphatic carbocycles. The normalized spacial score (nSPS) is 43.2. The molecule has 2 fully saturated rings. The molecule has 0 aromatic heterocycles. The summed E-state index contributed by atoms with van der Waals surface area (Å²) in [6, 6.07) is 0.409. The Hall–Kier alpha value is -0.610. The summed E-state index contributed by atoms with van der Waals surface area (Å²) in [5.41, 5.74) is 5.59. The van der Waals surface area contributed by atoms with E-state index in [2.05, 4.69) is 5.32 Å². The summed E-state index contributed by atoms with van der Waals surface area (Å²) in [6.45, 7) is 2.56. The van der Waals surface area contributed by atoms with Crippen LogP contribution in [0.4, 0.5) is 0 Å². The maximum atomic E-state index is 11.5. The minimum Gasteiger partial charge on any atom is -0.378 e. The van der Waals surface area contributed by atoms with Crippen LogP contribution in [0, 0.1) is 5.92 Å². The van der Waals surface area contributed by atoms with Gasteiger partial charge in [-0.1, -0.05) is 0 Å². The molecule has 2 aliphatic rings. The Balaban J connectivity index is 1.77. The fourth-order valence-electron chi connectivity index (χ4n) is 1.68. The zero-order valence-electron chi connectivity index (χ0n) is 7.82. The van der Waals surface area contributed by atoms with Gasteiger partial charge in [0, 0.05) is 12.1 Å². The Bertz CT molecular complexity index is 220. The molecule has 4 atom stereocenters. The van der Waals surface area contributed by atoms with E-state index in [1.54, 1.807) is 0 Å². The van der Waals surface area contributed by atoms with Gasteiger partial charge in [0.2, 0.25) is 5.91 Å². The molecule has 1 saturated carbocycles. The molecule has 1 aliphatic heterocycles. The maximum Gasteiger partial charge on any atom is 0.225 e. The first-order chi connectivity index (χ1) is 6.16. The van der Waals surface area contributed by atoms with Gasteiger partial charge in [0.05, 0.1) is 18.6 Å². The first kappa shape index (κ1) is 8.97. The molecule has 1 amide bonds. The fourth-order valence-corrected chi connectivity index (χ4v) is 1.68. The van der Waals surface area contributed by atoms with Crippen molar-refractivity contribution in [1.29, 1.82) is 0 Å². The highest BCUT2D eigenvalue weighted by molar-refractivity contribution is 5.79. The molecule has 74 valence electrons. The highest BCUT2D eigenvalue weighted by Gasteiger charge is 2.37. The second-order valence-electron chi connectivity index (χ2n) is 4.09. The highest BCUT2D eigenvalue weighted by atomic mass is 16.5. The number of hydrogen-bond donors (Lipinski definition) is 2. The molecule has 1 saturated heterocycles. The fraction of sp³-hybridized carbons (Fsp3) is 0.889. The number of nitrogens with two attached hydrogens (primary N) is 1. The standard InChI is InChI=1S/C9H16N2O2/c1-5-2-6(4-13-5)9(12)11-8-3-7(8)10/h5-8H,2-4,10H2,1H3,(H,11,12). The third-order valence-corrected chi connectivity index (χ3v) is 2.74. The molecule has 0 bridgehead atoms. The number of rotatable bonds is 2. The molecule has 0 aromatic carbocycles. The molecule has 0 radical (unpaired) electrons. The Morgan fingerprint density at radius 2 is 2.23 bits per heavy atom. The third-order valence-electron chi connectivity index (χ3n) is 2.74. The lowest BCUT2D eigenvalue weighted by Gasteiger charge is -2.07. The van der Waals surface area contributed by atoms with E-state index in [1.165, 1.54) is 0 Å². The van der Waals surface area contributed by atoms with Gasteiger partial charge in [-0.25, -0.2) is 0 Å². The number of hydrogen-bond acceptors (Lipinski definition) is 3. The first-order valence-corrected chi connectivity index (χ1v) is 4.84. The van der Waals surface area contributed by atoms with Crippen LogP contribution < -0.4 is 11.1 Å². The van der Waals surface area contributed by atoms with E-state index in [-0.39, 0.29) is 30.0 Å². The smallest absolute Gasteiger partial charge is 0.225 e. The van der Waals surface area contributed by atoms with Crippen molar-refractivity contribution in [1.82, 2.24) is 5.32 Å². The number of carbonyl (C=O) groups is 1. The zero-order valence-corrected chi connectivity index (χ0v) is 7.82. The Morgan fingerprint density at radius 3 is 2.69 bits per heavy atom. The van der Waals surface area contributed by atoms with Crippen LogP contribution in [0.1, 0.15) is 19.8 Å². The summed E-state index contributed by atoms with van der Waals surface area (Å²) < 4.78 is 5.32. The number of carbonyl (C=O) groups excluding carboxylic acids is 1. The lowest BCUT2D eigenvalue weighted by molar-refractivity contribution is -0.125. The Kier molecular flexibility index (Phi) is 2.26. The minimum atomic E-state index is 0.0443. The molecule has 4 heteroatoms. The van der Waals surface area contributed by atoms with Crippen molar-refractivity contribution in [2.75, 3.05) is 6.61 Å². The predicted molar refractivity (Wildman–Crippen MR) is 48.0 cm³/mol. The maximum absolute atomic E-state index is 11.5. The van der Waals surface area contributed by atoms with E-state index in [0.29, 0.717) is 6.61 Å². The molecule has 0 spiro atoms. The third kappa shape index (κ3) is 2.00. The van der Waals surface area contributed by atoms with Gasteiger partial charge < -0.3 is 15.8 Å². The lowest BCUT2D eigenvalue weighted by atomic mass is 10.1. The van der Waals surface area contributed by atoms with Gasteiger partial charge in [-0.05, 0) is 19.8 Å². The Labute approximate surface area is 77.8 Å². The lowest BCUT2D eigenvalue weighted by Crippen LogP contribution is -2.35. The van der Waals surface area contributed by atoms with Crippen molar-refractivity contribution in [2.45, 2.75) is 38.0 Å².